The van der Waals surface area contributed by atoms with Gasteiger partial charge in [-0.05, 0) is 24.5 Å². The third kappa shape index (κ3) is 3.59. The second-order valence-corrected chi connectivity index (χ2v) is 4.73. The molecule has 1 aromatic rings. The van der Waals surface area contributed by atoms with Crippen LogP contribution in [0.25, 0.3) is 0 Å². The van der Waals surface area contributed by atoms with Crippen LogP contribution in [0.2, 0.25) is 0 Å². The molecule has 1 N–H and O–H groups in total. The molecule has 84 valence electrons. The zero-order valence-corrected chi connectivity index (χ0v) is 10.2. The van der Waals surface area contributed by atoms with Crippen molar-refractivity contribution in [3.63, 3.8) is 0 Å². The first-order chi connectivity index (χ1) is 7.67. The largest absolute Gasteiger partial charge is 0.351 e. The van der Waals surface area contributed by atoms with Gasteiger partial charge in [-0.1, -0.05) is 13.0 Å². The summed E-state index contributed by atoms with van der Waals surface area (Å²) in [5.41, 5.74) is 1.04. The zero-order chi connectivity index (χ0) is 12.0. The fourth-order valence-electron chi connectivity index (χ4n) is 1.15. The maximum absolute atomic E-state index is 11.7. The number of nitrogens with one attached hydrogen (secondary N) is 1. The van der Waals surface area contributed by atoms with Gasteiger partial charge in [0, 0.05) is 17.4 Å². The Morgan fingerprint density at radius 1 is 1.62 bits per heavy atom. The Balaban J connectivity index is 2.63. The predicted octanol–water partition coefficient (Wildman–Crippen LogP) is 2.04. The van der Waals surface area contributed by atoms with E-state index >= 15 is 0 Å². The summed E-state index contributed by atoms with van der Waals surface area (Å²) < 4.78 is 0. The highest BCUT2D eigenvalue weighted by Crippen LogP contribution is 2.06. The van der Waals surface area contributed by atoms with E-state index in [-0.39, 0.29) is 5.91 Å². The standard InChI is InChI=1S/C12H14N2OS/c1-9(16-2)8-14-12(15)11-5-3-4-10(6-11)7-13/h3-6,9H,8H2,1-2H3,(H,14,15). The summed E-state index contributed by atoms with van der Waals surface area (Å²) >= 11 is 1.70. The molecule has 0 radical (unpaired) electrons. The van der Waals surface area contributed by atoms with Crippen molar-refractivity contribution in [2.45, 2.75) is 12.2 Å². The zero-order valence-electron chi connectivity index (χ0n) is 9.36. The third-order valence-corrected chi connectivity index (χ3v) is 3.18. The normalized spacial score (nSPS) is 11.6. The van der Waals surface area contributed by atoms with Crippen molar-refractivity contribution in [2.24, 2.45) is 0 Å². The highest BCUT2D eigenvalue weighted by Gasteiger charge is 2.07. The fraction of sp³-hybridized carbons (Fsp3) is 0.333. The predicted molar refractivity (Wildman–Crippen MR) is 66.5 cm³/mol. The summed E-state index contributed by atoms with van der Waals surface area (Å²) in [5, 5.41) is 11.9. The molecule has 16 heavy (non-hydrogen) atoms. The number of nitrogens with zero attached hydrogens (tertiary/aromatic N) is 1. The Morgan fingerprint density at radius 2 is 2.38 bits per heavy atom. The van der Waals surface area contributed by atoms with E-state index < -0.39 is 0 Å². The Bertz CT molecular complexity index is 412. The number of thioether (sulfide) groups is 1. The molecule has 1 unspecified atom stereocenters. The summed E-state index contributed by atoms with van der Waals surface area (Å²) in [6.45, 7) is 2.69. The van der Waals surface area contributed by atoms with Gasteiger partial charge in [0.15, 0.2) is 0 Å². The number of amides is 1. The van der Waals surface area contributed by atoms with Crippen molar-refractivity contribution >= 4 is 17.7 Å². The molecule has 0 saturated carbocycles. The van der Waals surface area contributed by atoms with Crippen LogP contribution in [0, 0.1) is 11.3 Å². The number of carbonyl (C=O) groups is 1. The van der Waals surface area contributed by atoms with Crippen molar-refractivity contribution in [3.8, 4) is 6.07 Å². The summed E-state index contributed by atoms with van der Waals surface area (Å²) in [6, 6.07) is 8.71. The molecule has 0 bridgehead atoms. The minimum Gasteiger partial charge on any atom is -0.351 e. The number of hydrogen-bond donors (Lipinski definition) is 1. The van der Waals surface area contributed by atoms with Crippen LogP contribution in [0.15, 0.2) is 24.3 Å². The number of carbonyl (C=O) groups excluding carboxylic acids is 1. The second kappa shape index (κ2) is 6.19. The highest BCUT2D eigenvalue weighted by atomic mass is 32.2. The molecule has 0 aliphatic heterocycles. The van der Waals surface area contributed by atoms with Gasteiger partial charge in [-0.2, -0.15) is 17.0 Å². The van der Waals surface area contributed by atoms with E-state index in [0.717, 1.165) is 0 Å². The van der Waals surface area contributed by atoms with E-state index in [2.05, 4.69) is 12.2 Å². The number of rotatable bonds is 4. The molecular weight excluding hydrogens is 220 g/mol. The highest BCUT2D eigenvalue weighted by molar-refractivity contribution is 7.99. The lowest BCUT2D eigenvalue weighted by Gasteiger charge is -2.09. The van der Waals surface area contributed by atoms with Gasteiger partial charge in [-0.15, -0.1) is 0 Å². The minimum absolute atomic E-state index is 0.127. The van der Waals surface area contributed by atoms with E-state index in [1.54, 1.807) is 36.0 Å². The van der Waals surface area contributed by atoms with E-state index in [1.165, 1.54) is 0 Å². The average Bonchev–Trinajstić information content (AvgIpc) is 2.35. The van der Waals surface area contributed by atoms with Crippen LogP contribution < -0.4 is 5.32 Å². The van der Waals surface area contributed by atoms with Gasteiger partial charge in [0.1, 0.15) is 0 Å². The molecule has 3 nitrogen and oxygen atoms in total. The van der Waals surface area contributed by atoms with Crippen LogP contribution in [0.1, 0.15) is 22.8 Å². The van der Waals surface area contributed by atoms with Crippen LogP contribution in [-0.4, -0.2) is 24.0 Å². The lowest BCUT2D eigenvalue weighted by atomic mass is 10.1. The van der Waals surface area contributed by atoms with Crippen LogP contribution in [0.5, 0.6) is 0 Å². The molecule has 1 rings (SSSR count). The Kier molecular flexibility index (Phi) is 4.87. The molecule has 0 aliphatic carbocycles. The summed E-state index contributed by atoms with van der Waals surface area (Å²) in [4.78, 5) is 11.7. The van der Waals surface area contributed by atoms with E-state index in [9.17, 15) is 4.79 Å². The third-order valence-electron chi connectivity index (χ3n) is 2.21. The van der Waals surface area contributed by atoms with Crippen LogP contribution in [-0.2, 0) is 0 Å². The van der Waals surface area contributed by atoms with E-state index in [4.69, 9.17) is 5.26 Å². The van der Waals surface area contributed by atoms with Crippen LogP contribution in [0.4, 0.5) is 0 Å². The second-order valence-electron chi connectivity index (χ2n) is 3.45. The maximum Gasteiger partial charge on any atom is 0.251 e. The van der Waals surface area contributed by atoms with Crippen LogP contribution >= 0.6 is 11.8 Å². The SMILES string of the molecule is CSC(C)CNC(=O)c1cccc(C#N)c1. The molecule has 0 spiro atoms. The summed E-state index contributed by atoms with van der Waals surface area (Å²) in [5.74, 6) is -0.127. The molecule has 1 atom stereocenters. The van der Waals surface area contributed by atoms with E-state index in [1.807, 2.05) is 12.3 Å². The first kappa shape index (κ1) is 12.6. The molecule has 1 amide bonds. The fourth-order valence-corrected chi connectivity index (χ4v) is 1.40. The van der Waals surface area contributed by atoms with Gasteiger partial charge in [-0.25, -0.2) is 0 Å². The van der Waals surface area contributed by atoms with Gasteiger partial charge in [0.05, 0.1) is 11.6 Å². The lowest BCUT2D eigenvalue weighted by Crippen LogP contribution is -2.29. The molecular formula is C12H14N2OS. The van der Waals surface area contributed by atoms with Gasteiger partial charge < -0.3 is 5.32 Å². The first-order valence-electron chi connectivity index (χ1n) is 4.98. The topological polar surface area (TPSA) is 52.9 Å². The van der Waals surface area contributed by atoms with Gasteiger partial charge in [0.25, 0.3) is 5.91 Å². The van der Waals surface area contributed by atoms with E-state index in [0.29, 0.717) is 22.9 Å². The van der Waals surface area contributed by atoms with Crippen molar-refractivity contribution in [1.82, 2.24) is 5.32 Å². The molecule has 0 aromatic heterocycles. The quantitative estimate of drug-likeness (QED) is 0.867. The summed E-state index contributed by atoms with van der Waals surface area (Å²) in [6.07, 6.45) is 2.01. The lowest BCUT2D eigenvalue weighted by molar-refractivity contribution is 0.0954. The number of benzene rings is 1. The Morgan fingerprint density at radius 3 is 3.00 bits per heavy atom. The molecule has 4 heteroatoms. The first-order valence-corrected chi connectivity index (χ1v) is 6.27. The number of nitriles is 1. The van der Waals surface area contributed by atoms with Crippen LogP contribution in [0.3, 0.4) is 0 Å². The Hall–Kier alpha value is -1.47. The molecule has 0 saturated heterocycles. The summed E-state index contributed by atoms with van der Waals surface area (Å²) in [7, 11) is 0. The van der Waals surface area contributed by atoms with Crippen molar-refractivity contribution in [3.05, 3.63) is 35.4 Å². The van der Waals surface area contributed by atoms with Gasteiger partial charge in [0.2, 0.25) is 0 Å². The number of hydrogen-bond acceptors (Lipinski definition) is 3. The Labute approximate surface area is 99.8 Å². The monoisotopic (exact) mass is 234 g/mol. The molecule has 0 heterocycles. The molecule has 1 aromatic carbocycles. The average molecular weight is 234 g/mol. The van der Waals surface area contributed by atoms with Crippen molar-refractivity contribution < 1.29 is 4.79 Å². The molecule has 0 fully saturated rings. The maximum atomic E-state index is 11.7. The minimum atomic E-state index is -0.127. The van der Waals surface area contributed by atoms with Gasteiger partial charge >= 0.3 is 0 Å². The van der Waals surface area contributed by atoms with Gasteiger partial charge in [-0.3, -0.25) is 4.79 Å². The van der Waals surface area contributed by atoms with Crippen molar-refractivity contribution in [1.29, 1.82) is 5.26 Å². The molecule has 0 aliphatic rings. The van der Waals surface area contributed by atoms with Crippen molar-refractivity contribution in [2.75, 3.05) is 12.8 Å². The smallest absolute Gasteiger partial charge is 0.251 e.